The Hall–Kier alpha value is -0.550. The summed E-state index contributed by atoms with van der Waals surface area (Å²) in [6, 6.07) is 0. The molecule has 0 bridgehead atoms. The van der Waals surface area contributed by atoms with Gasteiger partial charge in [0, 0.05) is 0 Å². The van der Waals surface area contributed by atoms with Crippen molar-refractivity contribution in [2.75, 3.05) is 0 Å². The third-order valence-electron chi connectivity index (χ3n) is 0.586. The fraction of sp³-hybridized carbons (Fsp3) is 0.500. The summed E-state index contributed by atoms with van der Waals surface area (Å²) in [6.07, 6.45) is 0. The minimum atomic E-state index is 0.00231. The van der Waals surface area contributed by atoms with Crippen LogP contribution in [0.3, 0.4) is 0 Å². The average Bonchev–Trinajstić information content (AvgIpc) is 1.68. The molecule has 0 aliphatic rings. The SMILES string of the molecule is CC#CC(C)[C]=S=O. The Labute approximate surface area is 53.2 Å². The Morgan fingerprint density at radius 1 is 1.62 bits per heavy atom. The molecule has 1 unspecified atom stereocenters. The van der Waals surface area contributed by atoms with Crippen LogP contribution < -0.4 is 0 Å². The van der Waals surface area contributed by atoms with E-state index in [9.17, 15) is 4.21 Å². The molecule has 1 nitrogen and oxygen atoms in total. The van der Waals surface area contributed by atoms with Gasteiger partial charge in [0.05, 0.1) is 22.5 Å². The Kier molecular flexibility index (Phi) is 4.29. The van der Waals surface area contributed by atoms with Gasteiger partial charge in [-0.05, 0) is 13.8 Å². The lowest BCUT2D eigenvalue weighted by Gasteiger charge is -1.82. The van der Waals surface area contributed by atoms with Crippen molar-refractivity contribution in [1.29, 1.82) is 0 Å². The molecule has 43 valence electrons. The van der Waals surface area contributed by atoms with Crippen LogP contribution in [0.4, 0.5) is 0 Å². The van der Waals surface area contributed by atoms with Crippen LogP contribution in [-0.4, -0.2) is 9.58 Å². The van der Waals surface area contributed by atoms with Crippen LogP contribution in [0.5, 0.6) is 0 Å². The van der Waals surface area contributed by atoms with Gasteiger partial charge < -0.3 is 0 Å². The molecule has 0 aromatic heterocycles. The molecular weight excluding hydrogens is 120 g/mol. The molecule has 1 radical (unpaired) electrons. The molecule has 0 amide bonds. The number of rotatable bonds is 1. The van der Waals surface area contributed by atoms with Crippen LogP contribution in [0.15, 0.2) is 0 Å². The van der Waals surface area contributed by atoms with Crippen LogP contribution in [0.2, 0.25) is 0 Å². The summed E-state index contributed by atoms with van der Waals surface area (Å²) in [7, 11) is 0. The van der Waals surface area contributed by atoms with Crippen molar-refractivity contribution >= 4 is 16.6 Å². The van der Waals surface area contributed by atoms with E-state index in [1.54, 1.807) is 6.92 Å². The minimum Gasteiger partial charge on any atom is -0.212 e. The topological polar surface area (TPSA) is 17.1 Å². The summed E-state index contributed by atoms with van der Waals surface area (Å²) in [5.74, 6) is 5.45. The van der Waals surface area contributed by atoms with E-state index in [0.717, 1.165) is 0 Å². The smallest absolute Gasteiger partial charge is 0.0946 e. The first-order valence-electron chi connectivity index (χ1n) is 2.28. The summed E-state index contributed by atoms with van der Waals surface area (Å²) in [5, 5.41) is 2.53. The van der Waals surface area contributed by atoms with Crippen LogP contribution in [0.25, 0.3) is 0 Å². The third-order valence-corrected chi connectivity index (χ3v) is 1.04. The maximum absolute atomic E-state index is 9.75. The Bertz CT molecular complexity index is 157. The lowest BCUT2D eigenvalue weighted by atomic mass is 10.2. The van der Waals surface area contributed by atoms with E-state index in [0.29, 0.717) is 11.3 Å². The minimum absolute atomic E-state index is 0.00231. The maximum atomic E-state index is 9.75. The average molecular weight is 127 g/mol. The lowest BCUT2D eigenvalue weighted by Crippen LogP contribution is -1.88. The first-order valence-corrected chi connectivity index (χ1v) is 3.02. The van der Waals surface area contributed by atoms with Gasteiger partial charge in [-0.25, -0.2) is 4.21 Å². The highest BCUT2D eigenvalue weighted by atomic mass is 32.1. The van der Waals surface area contributed by atoms with E-state index in [-0.39, 0.29) is 5.92 Å². The van der Waals surface area contributed by atoms with Crippen molar-refractivity contribution in [1.82, 2.24) is 0 Å². The second-order valence-electron chi connectivity index (χ2n) is 1.32. The molecule has 0 fully saturated rings. The first-order chi connectivity index (χ1) is 3.81. The second-order valence-corrected chi connectivity index (χ2v) is 1.72. The normalized spacial score (nSPS) is 10.8. The summed E-state index contributed by atoms with van der Waals surface area (Å²) >= 11 is 0.347. The van der Waals surface area contributed by atoms with Crippen LogP contribution in [0.1, 0.15) is 13.8 Å². The second kappa shape index (κ2) is 4.61. The molecule has 0 saturated heterocycles. The van der Waals surface area contributed by atoms with E-state index in [2.05, 4.69) is 17.2 Å². The fourth-order valence-corrected chi connectivity index (χ4v) is 0.521. The molecule has 2 heteroatoms. The summed E-state index contributed by atoms with van der Waals surface area (Å²) in [6.45, 7) is 3.58. The van der Waals surface area contributed by atoms with Gasteiger partial charge in [0.2, 0.25) is 0 Å². The van der Waals surface area contributed by atoms with Gasteiger partial charge in [-0.15, -0.1) is 5.92 Å². The highest BCUT2D eigenvalue weighted by Gasteiger charge is 1.86. The molecule has 0 rings (SSSR count). The van der Waals surface area contributed by atoms with Crippen molar-refractivity contribution in [3.05, 3.63) is 0 Å². The van der Waals surface area contributed by atoms with Crippen LogP contribution >= 0.6 is 0 Å². The Balaban J connectivity index is 3.76. The lowest BCUT2D eigenvalue weighted by molar-refractivity contribution is 0.701. The van der Waals surface area contributed by atoms with Gasteiger partial charge in [-0.2, -0.15) is 0 Å². The molecule has 0 heterocycles. The van der Waals surface area contributed by atoms with Gasteiger partial charge in [-0.1, -0.05) is 5.92 Å². The Morgan fingerprint density at radius 3 is 2.62 bits per heavy atom. The number of hydrogen-bond acceptors (Lipinski definition) is 1. The van der Waals surface area contributed by atoms with E-state index in [1.165, 1.54) is 0 Å². The Morgan fingerprint density at radius 2 is 2.25 bits per heavy atom. The van der Waals surface area contributed by atoms with Gasteiger partial charge >= 0.3 is 0 Å². The maximum Gasteiger partial charge on any atom is 0.0946 e. The monoisotopic (exact) mass is 127 g/mol. The van der Waals surface area contributed by atoms with Gasteiger partial charge in [0.1, 0.15) is 0 Å². The van der Waals surface area contributed by atoms with Gasteiger partial charge in [0.25, 0.3) is 0 Å². The molecule has 0 aromatic rings. The van der Waals surface area contributed by atoms with Crippen molar-refractivity contribution < 1.29 is 4.21 Å². The molecule has 0 saturated carbocycles. The number of hydrogen-bond donors (Lipinski definition) is 0. The largest absolute Gasteiger partial charge is 0.212 e. The van der Waals surface area contributed by atoms with Gasteiger partial charge in [-0.3, -0.25) is 0 Å². The highest BCUT2D eigenvalue weighted by molar-refractivity contribution is 7.64. The summed E-state index contributed by atoms with van der Waals surface area (Å²) in [5.41, 5.74) is 0. The van der Waals surface area contributed by atoms with E-state index < -0.39 is 0 Å². The van der Waals surface area contributed by atoms with E-state index in [4.69, 9.17) is 0 Å². The molecule has 0 aliphatic heterocycles. The quantitative estimate of drug-likeness (QED) is 0.371. The van der Waals surface area contributed by atoms with E-state index in [1.807, 2.05) is 6.92 Å². The summed E-state index contributed by atoms with van der Waals surface area (Å²) < 4.78 is 9.75. The predicted molar refractivity (Wildman–Crippen MR) is 35.8 cm³/mol. The highest BCUT2D eigenvalue weighted by Crippen LogP contribution is 1.82. The predicted octanol–water partition coefficient (Wildman–Crippen LogP) is 0.538. The standard InChI is InChI=1S/C6H7OS/c1-3-4-6(2)5-8-7/h6H,1-2H3. The van der Waals surface area contributed by atoms with Crippen molar-refractivity contribution in [3.63, 3.8) is 0 Å². The molecular formula is C6H7OS. The molecule has 0 aliphatic carbocycles. The molecule has 0 aromatic carbocycles. The van der Waals surface area contributed by atoms with Crippen LogP contribution in [0, 0.1) is 17.8 Å². The zero-order valence-corrected chi connectivity index (χ0v) is 5.71. The zero-order valence-electron chi connectivity index (χ0n) is 4.89. The molecule has 8 heavy (non-hydrogen) atoms. The first kappa shape index (κ1) is 7.45. The third kappa shape index (κ3) is 3.63. The fourth-order valence-electron chi connectivity index (χ4n) is 0.318. The van der Waals surface area contributed by atoms with Gasteiger partial charge in [0.15, 0.2) is 0 Å². The van der Waals surface area contributed by atoms with Crippen LogP contribution in [-0.2, 0) is 11.3 Å². The van der Waals surface area contributed by atoms with E-state index >= 15 is 0 Å². The molecule has 0 N–H and O–H groups in total. The van der Waals surface area contributed by atoms with Crippen molar-refractivity contribution in [3.8, 4) is 11.8 Å². The van der Waals surface area contributed by atoms with Crippen molar-refractivity contribution in [2.24, 2.45) is 5.92 Å². The summed E-state index contributed by atoms with van der Waals surface area (Å²) in [4.78, 5) is 0. The molecule has 0 spiro atoms. The van der Waals surface area contributed by atoms with Crippen molar-refractivity contribution in [2.45, 2.75) is 13.8 Å². The molecule has 1 atom stereocenters. The zero-order chi connectivity index (χ0) is 6.41.